The lowest BCUT2D eigenvalue weighted by Gasteiger charge is -2.30. The molecule has 1 aliphatic rings. The number of halogens is 1. The van der Waals surface area contributed by atoms with Gasteiger partial charge in [-0.2, -0.15) is 0 Å². The molecule has 8 heteroatoms. The predicted octanol–water partition coefficient (Wildman–Crippen LogP) is 2.25. The van der Waals surface area contributed by atoms with Crippen LogP contribution in [0, 0.1) is 16.0 Å². The average molecular weight is 315 g/mol. The van der Waals surface area contributed by atoms with Crippen LogP contribution in [0.3, 0.4) is 0 Å². The van der Waals surface area contributed by atoms with Crippen molar-refractivity contribution in [3.63, 3.8) is 0 Å². The number of nitrogens with zero attached hydrogens (tertiary/aromatic N) is 2. The number of carboxylic acids is 1. The Kier molecular flexibility index (Phi) is 4.64. The number of carboxylic acid groups (broad SMARTS) is 1. The number of likely N-dealkylation sites (tertiary alicyclic amines) is 1. The van der Waals surface area contributed by atoms with Crippen LogP contribution >= 0.6 is 11.6 Å². The molecule has 7 nitrogen and oxygen atoms in total. The van der Waals surface area contributed by atoms with Crippen molar-refractivity contribution in [3.8, 4) is 5.75 Å². The molecule has 0 bridgehead atoms. The van der Waals surface area contributed by atoms with Gasteiger partial charge in [0.1, 0.15) is 5.75 Å². The molecule has 2 N–H and O–H groups in total. The van der Waals surface area contributed by atoms with Crippen molar-refractivity contribution in [1.82, 2.24) is 4.90 Å². The molecule has 114 valence electrons. The molecule has 1 aromatic rings. The van der Waals surface area contributed by atoms with Crippen molar-refractivity contribution in [2.45, 2.75) is 19.4 Å². The fraction of sp³-hybridized carbons (Fsp3) is 0.462. The first-order valence-corrected chi connectivity index (χ1v) is 6.87. The molecule has 0 aliphatic carbocycles. The molecule has 1 aromatic carbocycles. The van der Waals surface area contributed by atoms with Crippen molar-refractivity contribution < 1.29 is 19.9 Å². The lowest BCUT2D eigenvalue weighted by molar-refractivity contribution is -0.384. The molecule has 0 saturated carbocycles. The highest BCUT2D eigenvalue weighted by atomic mass is 35.5. The second-order valence-electron chi connectivity index (χ2n) is 5.08. The molecule has 21 heavy (non-hydrogen) atoms. The Morgan fingerprint density at radius 2 is 2.05 bits per heavy atom. The van der Waals surface area contributed by atoms with Crippen LogP contribution in [0.2, 0.25) is 5.02 Å². The second kappa shape index (κ2) is 6.28. The number of aromatic hydroxyl groups is 1. The fourth-order valence-electron chi connectivity index (χ4n) is 2.44. The molecule has 0 radical (unpaired) electrons. The molecule has 0 aromatic heterocycles. The number of carbonyl (C=O) groups is 1. The first-order valence-electron chi connectivity index (χ1n) is 6.49. The highest BCUT2D eigenvalue weighted by Gasteiger charge is 2.25. The molecular formula is C13H15ClN2O5. The quantitative estimate of drug-likeness (QED) is 0.652. The number of phenolic OH excluding ortho intramolecular Hbond substituents is 1. The summed E-state index contributed by atoms with van der Waals surface area (Å²) in [6, 6.07) is 2.40. The largest absolute Gasteiger partial charge is 0.506 e. The van der Waals surface area contributed by atoms with Crippen LogP contribution in [0.5, 0.6) is 5.75 Å². The summed E-state index contributed by atoms with van der Waals surface area (Å²) in [4.78, 5) is 23.1. The van der Waals surface area contributed by atoms with Gasteiger partial charge in [-0.15, -0.1) is 0 Å². The number of non-ortho nitro benzene ring substituents is 1. The Labute approximate surface area is 125 Å². The Hall–Kier alpha value is -1.86. The predicted molar refractivity (Wildman–Crippen MR) is 75.4 cm³/mol. The van der Waals surface area contributed by atoms with Gasteiger partial charge in [0.2, 0.25) is 0 Å². The Morgan fingerprint density at radius 1 is 1.43 bits per heavy atom. The van der Waals surface area contributed by atoms with Crippen LogP contribution in [0.15, 0.2) is 12.1 Å². The average Bonchev–Trinajstić information content (AvgIpc) is 2.44. The third kappa shape index (κ3) is 3.62. The summed E-state index contributed by atoms with van der Waals surface area (Å²) in [6.45, 7) is 1.44. The molecule has 0 unspecified atom stereocenters. The van der Waals surface area contributed by atoms with E-state index in [1.54, 1.807) is 0 Å². The van der Waals surface area contributed by atoms with Gasteiger partial charge >= 0.3 is 5.97 Å². The summed E-state index contributed by atoms with van der Waals surface area (Å²) in [6.07, 6.45) is 1.05. The summed E-state index contributed by atoms with van der Waals surface area (Å²) in [5.41, 5.74) is 0.205. The van der Waals surface area contributed by atoms with Gasteiger partial charge in [0.15, 0.2) is 0 Å². The van der Waals surface area contributed by atoms with E-state index in [9.17, 15) is 20.0 Å². The van der Waals surface area contributed by atoms with Gasteiger partial charge in [-0.1, -0.05) is 11.6 Å². The van der Waals surface area contributed by atoms with Crippen molar-refractivity contribution >= 4 is 23.3 Å². The van der Waals surface area contributed by atoms with Crippen LogP contribution in [-0.4, -0.2) is 39.1 Å². The van der Waals surface area contributed by atoms with E-state index < -0.39 is 10.9 Å². The Morgan fingerprint density at radius 3 is 2.57 bits per heavy atom. The minimum Gasteiger partial charge on any atom is -0.506 e. The van der Waals surface area contributed by atoms with Gasteiger partial charge in [-0.3, -0.25) is 19.8 Å². The summed E-state index contributed by atoms with van der Waals surface area (Å²) in [7, 11) is 0. The number of nitro benzene ring substituents is 1. The van der Waals surface area contributed by atoms with Gasteiger partial charge in [-0.25, -0.2) is 0 Å². The zero-order valence-corrected chi connectivity index (χ0v) is 11.9. The summed E-state index contributed by atoms with van der Waals surface area (Å²) in [5, 5.41) is 29.6. The molecule has 0 spiro atoms. The van der Waals surface area contributed by atoms with E-state index in [2.05, 4.69) is 0 Å². The van der Waals surface area contributed by atoms with Gasteiger partial charge < -0.3 is 10.2 Å². The third-order valence-corrected chi connectivity index (χ3v) is 3.96. The molecular weight excluding hydrogens is 300 g/mol. The van der Waals surface area contributed by atoms with E-state index in [-0.39, 0.29) is 22.4 Å². The van der Waals surface area contributed by atoms with E-state index in [1.165, 1.54) is 6.07 Å². The summed E-state index contributed by atoms with van der Waals surface area (Å²) in [5.74, 6) is -1.30. The maximum Gasteiger partial charge on any atom is 0.306 e. The summed E-state index contributed by atoms with van der Waals surface area (Å²) < 4.78 is 0. The van der Waals surface area contributed by atoms with Gasteiger partial charge in [0.25, 0.3) is 5.69 Å². The zero-order chi connectivity index (χ0) is 15.6. The van der Waals surface area contributed by atoms with Crippen LogP contribution in [0.25, 0.3) is 0 Å². The van der Waals surface area contributed by atoms with E-state index in [4.69, 9.17) is 16.7 Å². The highest BCUT2D eigenvalue weighted by molar-refractivity contribution is 6.32. The lowest BCUT2D eigenvalue weighted by Crippen LogP contribution is -2.35. The third-order valence-electron chi connectivity index (χ3n) is 3.67. The Balaban J connectivity index is 2.10. The van der Waals surface area contributed by atoms with Crippen molar-refractivity contribution in [2.24, 2.45) is 5.92 Å². The number of rotatable bonds is 4. The molecule has 0 atom stereocenters. The monoisotopic (exact) mass is 314 g/mol. The van der Waals surface area contributed by atoms with Crippen LogP contribution in [0.1, 0.15) is 18.4 Å². The number of hydrogen-bond donors (Lipinski definition) is 2. The van der Waals surface area contributed by atoms with Crippen molar-refractivity contribution in [3.05, 3.63) is 32.8 Å². The number of aliphatic carboxylic acids is 1. The molecule has 2 rings (SSSR count). The lowest BCUT2D eigenvalue weighted by atomic mass is 9.96. The van der Waals surface area contributed by atoms with E-state index in [1.807, 2.05) is 4.90 Å². The van der Waals surface area contributed by atoms with Crippen molar-refractivity contribution in [2.75, 3.05) is 13.1 Å². The minimum atomic E-state index is -0.795. The van der Waals surface area contributed by atoms with E-state index >= 15 is 0 Å². The zero-order valence-electron chi connectivity index (χ0n) is 11.2. The molecule has 1 fully saturated rings. The molecule has 0 amide bonds. The fourth-order valence-corrected chi connectivity index (χ4v) is 2.68. The van der Waals surface area contributed by atoms with Crippen LogP contribution in [-0.2, 0) is 11.3 Å². The van der Waals surface area contributed by atoms with Crippen LogP contribution in [0.4, 0.5) is 5.69 Å². The number of benzene rings is 1. The SMILES string of the molecule is O=C(O)C1CCN(Cc2cc([N+](=O)[O-])cc(Cl)c2O)CC1. The molecule has 1 aliphatic heterocycles. The van der Waals surface area contributed by atoms with Gasteiger partial charge in [0, 0.05) is 24.2 Å². The number of phenols is 1. The highest BCUT2D eigenvalue weighted by Crippen LogP contribution is 2.33. The first kappa shape index (κ1) is 15.5. The van der Waals surface area contributed by atoms with E-state index in [0.717, 1.165) is 6.07 Å². The van der Waals surface area contributed by atoms with Gasteiger partial charge in [0.05, 0.1) is 15.9 Å². The standard InChI is InChI=1S/C13H15ClN2O5/c14-11-6-10(16(20)21)5-9(12(11)17)7-15-3-1-8(2-4-15)13(18)19/h5-6,8,17H,1-4,7H2,(H,18,19). The summed E-state index contributed by atoms with van der Waals surface area (Å²) >= 11 is 5.79. The maximum absolute atomic E-state index is 10.9. The normalized spacial score (nSPS) is 16.8. The smallest absolute Gasteiger partial charge is 0.306 e. The topological polar surface area (TPSA) is 104 Å². The maximum atomic E-state index is 10.9. The second-order valence-corrected chi connectivity index (χ2v) is 5.49. The number of nitro groups is 1. The Bertz CT molecular complexity index is 570. The minimum absolute atomic E-state index is 0.0559. The van der Waals surface area contributed by atoms with E-state index in [0.29, 0.717) is 38.0 Å². The van der Waals surface area contributed by atoms with Gasteiger partial charge in [-0.05, 0) is 25.9 Å². The van der Waals surface area contributed by atoms with Crippen molar-refractivity contribution in [1.29, 1.82) is 0 Å². The molecule has 1 heterocycles. The molecule has 1 saturated heterocycles. The van der Waals surface area contributed by atoms with Crippen LogP contribution < -0.4 is 0 Å². The first-order chi connectivity index (χ1) is 9.88. The number of hydrogen-bond acceptors (Lipinski definition) is 5. The number of piperidine rings is 1.